The molecule has 1 amide bonds. The van der Waals surface area contributed by atoms with Gasteiger partial charge in [0, 0.05) is 20.2 Å². The maximum absolute atomic E-state index is 12.2. The van der Waals surface area contributed by atoms with Gasteiger partial charge in [-0.05, 0) is 12.1 Å². The SMILES string of the molecule is CN(C)c1ccc(S(=O)(=O)NCC(=O)OCC(=O)NCC(F)(F)F)cc1[N+](=O)[O-]. The maximum Gasteiger partial charge on any atom is 0.405 e. The van der Waals surface area contributed by atoms with E-state index in [9.17, 15) is 41.3 Å². The number of amides is 1. The van der Waals surface area contributed by atoms with Crippen LogP contribution in [0.25, 0.3) is 0 Å². The molecule has 2 N–H and O–H groups in total. The Labute approximate surface area is 163 Å². The highest BCUT2D eigenvalue weighted by Crippen LogP contribution is 2.29. The molecule has 29 heavy (non-hydrogen) atoms. The van der Waals surface area contributed by atoms with Gasteiger partial charge in [-0.1, -0.05) is 0 Å². The number of hydrogen-bond acceptors (Lipinski definition) is 8. The number of carbonyl (C=O) groups excluding carboxylic acids is 2. The summed E-state index contributed by atoms with van der Waals surface area (Å²) < 4.78 is 66.3. The van der Waals surface area contributed by atoms with Crippen LogP contribution in [0.3, 0.4) is 0 Å². The molecule has 0 aliphatic heterocycles. The lowest BCUT2D eigenvalue weighted by molar-refractivity contribution is -0.384. The third-order valence-corrected chi connectivity index (χ3v) is 4.59. The van der Waals surface area contributed by atoms with Crippen LogP contribution in [0, 0.1) is 10.1 Å². The van der Waals surface area contributed by atoms with Crippen molar-refractivity contribution in [2.75, 3.05) is 38.7 Å². The maximum atomic E-state index is 12.2. The zero-order valence-corrected chi connectivity index (χ0v) is 16.0. The summed E-state index contributed by atoms with van der Waals surface area (Å²) in [6.45, 7) is -3.60. The molecule has 0 fully saturated rings. The molecule has 11 nitrogen and oxygen atoms in total. The van der Waals surface area contributed by atoms with E-state index >= 15 is 0 Å². The Morgan fingerprint density at radius 1 is 1.28 bits per heavy atom. The zero-order valence-electron chi connectivity index (χ0n) is 15.1. The van der Waals surface area contributed by atoms with Crippen LogP contribution in [0.5, 0.6) is 0 Å². The molecule has 0 spiro atoms. The summed E-state index contributed by atoms with van der Waals surface area (Å²) >= 11 is 0. The Kier molecular flexibility index (Phi) is 7.90. The molecule has 15 heteroatoms. The number of rotatable bonds is 9. The predicted molar refractivity (Wildman–Crippen MR) is 92.6 cm³/mol. The van der Waals surface area contributed by atoms with Gasteiger partial charge in [-0.3, -0.25) is 19.7 Å². The number of nitro benzene ring substituents is 1. The summed E-state index contributed by atoms with van der Waals surface area (Å²) in [4.78, 5) is 33.8. The van der Waals surface area contributed by atoms with Crippen LogP contribution >= 0.6 is 0 Å². The van der Waals surface area contributed by atoms with E-state index in [0.29, 0.717) is 0 Å². The fourth-order valence-corrected chi connectivity index (χ4v) is 2.87. The normalized spacial score (nSPS) is 11.6. The monoisotopic (exact) mass is 442 g/mol. The summed E-state index contributed by atoms with van der Waals surface area (Å²) in [5, 5.41) is 12.6. The lowest BCUT2D eigenvalue weighted by Crippen LogP contribution is -2.37. The zero-order chi connectivity index (χ0) is 22.4. The molecule has 0 bridgehead atoms. The molecule has 0 aliphatic carbocycles. The minimum absolute atomic E-state index is 0.151. The fraction of sp³-hybridized carbons (Fsp3) is 0.429. The molecule has 0 saturated carbocycles. The van der Waals surface area contributed by atoms with E-state index in [1.165, 1.54) is 30.4 Å². The quantitative estimate of drug-likeness (QED) is 0.312. The number of ether oxygens (including phenoxy) is 1. The van der Waals surface area contributed by atoms with Crippen LogP contribution in [-0.4, -0.2) is 65.2 Å². The number of anilines is 1. The van der Waals surface area contributed by atoms with Crippen molar-refractivity contribution < 1.29 is 40.8 Å². The number of carbonyl (C=O) groups is 2. The summed E-state index contributed by atoms with van der Waals surface area (Å²) in [5.41, 5.74) is -0.333. The van der Waals surface area contributed by atoms with Gasteiger partial charge in [-0.2, -0.15) is 17.9 Å². The van der Waals surface area contributed by atoms with Crippen molar-refractivity contribution in [2.45, 2.75) is 11.1 Å². The lowest BCUT2D eigenvalue weighted by Gasteiger charge is -2.14. The molecule has 1 aromatic rings. The van der Waals surface area contributed by atoms with Crippen molar-refractivity contribution in [3.8, 4) is 0 Å². The van der Waals surface area contributed by atoms with Crippen LogP contribution < -0.4 is 14.9 Å². The first kappa shape index (κ1) is 24.1. The van der Waals surface area contributed by atoms with Crippen molar-refractivity contribution in [1.82, 2.24) is 10.0 Å². The van der Waals surface area contributed by atoms with Crippen molar-refractivity contribution in [2.24, 2.45) is 0 Å². The predicted octanol–water partition coefficient (Wildman–Crippen LogP) is 0.161. The molecule has 0 saturated heterocycles. The number of sulfonamides is 1. The fourth-order valence-electron chi connectivity index (χ4n) is 1.88. The minimum Gasteiger partial charge on any atom is -0.455 e. The number of alkyl halides is 3. The van der Waals surface area contributed by atoms with E-state index < -0.39 is 63.3 Å². The van der Waals surface area contributed by atoms with Gasteiger partial charge in [-0.15, -0.1) is 0 Å². The first-order valence-electron chi connectivity index (χ1n) is 7.67. The van der Waals surface area contributed by atoms with Gasteiger partial charge >= 0.3 is 12.1 Å². The Balaban J connectivity index is 2.69. The van der Waals surface area contributed by atoms with Gasteiger partial charge in [0.2, 0.25) is 10.0 Å². The van der Waals surface area contributed by atoms with Crippen molar-refractivity contribution in [1.29, 1.82) is 0 Å². The third-order valence-electron chi connectivity index (χ3n) is 3.19. The molecular weight excluding hydrogens is 425 g/mol. The molecule has 0 atom stereocenters. The Morgan fingerprint density at radius 2 is 1.90 bits per heavy atom. The Hall–Kier alpha value is -2.94. The average molecular weight is 442 g/mol. The van der Waals surface area contributed by atoms with Gasteiger partial charge in [0.1, 0.15) is 18.8 Å². The van der Waals surface area contributed by atoms with Gasteiger partial charge in [-0.25, -0.2) is 8.42 Å². The molecule has 0 unspecified atom stereocenters. The largest absolute Gasteiger partial charge is 0.455 e. The second-order valence-electron chi connectivity index (χ2n) is 5.68. The summed E-state index contributed by atoms with van der Waals surface area (Å²) in [6.07, 6.45) is -4.64. The van der Waals surface area contributed by atoms with Crippen molar-refractivity contribution >= 4 is 33.3 Å². The molecule has 162 valence electrons. The second-order valence-corrected chi connectivity index (χ2v) is 7.45. The topological polar surface area (TPSA) is 148 Å². The lowest BCUT2D eigenvalue weighted by atomic mass is 10.2. The van der Waals surface area contributed by atoms with Crippen LogP contribution in [-0.2, 0) is 24.3 Å². The number of halogens is 3. The van der Waals surface area contributed by atoms with E-state index in [1.54, 1.807) is 0 Å². The minimum atomic E-state index is -4.64. The summed E-state index contributed by atoms with van der Waals surface area (Å²) in [7, 11) is -1.30. The Morgan fingerprint density at radius 3 is 2.41 bits per heavy atom. The second kappa shape index (κ2) is 9.51. The smallest absolute Gasteiger partial charge is 0.405 e. The van der Waals surface area contributed by atoms with Crippen molar-refractivity contribution in [3.05, 3.63) is 28.3 Å². The van der Waals surface area contributed by atoms with Gasteiger partial charge in [0.15, 0.2) is 6.61 Å². The number of nitrogens with one attached hydrogen (secondary N) is 2. The first-order chi connectivity index (χ1) is 13.2. The highest BCUT2D eigenvalue weighted by Gasteiger charge is 2.28. The van der Waals surface area contributed by atoms with E-state index in [0.717, 1.165) is 12.1 Å². The third kappa shape index (κ3) is 7.90. The number of benzene rings is 1. The van der Waals surface area contributed by atoms with Gasteiger partial charge in [0.25, 0.3) is 11.6 Å². The number of nitrogens with zero attached hydrogens (tertiary/aromatic N) is 2. The molecule has 1 rings (SSSR count). The molecule has 0 aromatic heterocycles. The highest BCUT2D eigenvalue weighted by molar-refractivity contribution is 7.89. The molecule has 0 radical (unpaired) electrons. The molecule has 0 heterocycles. The van der Waals surface area contributed by atoms with Crippen LogP contribution in [0.15, 0.2) is 23.1 Å². The summed E-state index contributed by atoms with van der Waals surface area (Å²) in [5.74, 6) is -2.47. The molecular formula is C14H17F3N4O7S. The summed E-state index contributed by atoms with van der Waals surface area (Å²) in [6, 6.07) is 3.09. The number of hydrogen-bond donors (Lipinski definition) is 2. The van der Waals surface area contributed by atoms with E-state index in [4.69, 9.17) is 0 Å². The van der Waals surface area contributed by atoms with Gasteiger partial charge in [0.05, 0.1) is 9.82 Å². The molecule has 0 aliphatic rings. The highest BCUT2D eigenvalue weighted by atomic mass is 32.2. The molecule has 1 aromatic carbocycles. The number of esters is 1. The van der Waals surface area contributed by atoms with Crippen LogP contribution in [0.4, 0.5) is 24.5 Å². The average Bonchev–Trinajstić information content (AvgIpc) is 2.61. The van der Waals surface area contributed by atoms with Gasteiger partial charge < -0.3 is 15.0 Å². The van der Waals surface area contributed by atoms with E-state index in [2.05, 4.69) is 4.74 Å². The number of nitro groups is 1. The Bertz CT molecular complexity index is 888. The van der Waals surface area contributed by atoms with Crippen molar-refractivity contribution in [3.63, 3.8) is 0 Å². The van der Waals surface area contributed by atoms with Crippen LogP contribution in [0.1, 0.15) is 0 Å². The first-order valence-corrected chi connectivity index (χ1v) is 9.16. The van der Waals surface area contributed by atoms with Crippen LogP contribution in [0.2, 0.25) is 0 Å². The standard InChI is InChI=1S/C14H17F3N4O7S/c1-20(2)10-4-3-9(5-11(10)21(24)25)29(26,27)19-6-13(23)28-7-12(22)18-8-14(15,16)17/h3-5,19H,6-8H2,1-2H3,(H,18,22). The van der Waals surface area contributed by atoms with E-state index in [1.807, 2.05) is 4.72 Å². The van der Waals surface area contributed by atoms with E-state index in [-0.39, 0.29) is 5.69 Å².